The van der Waals surface area contributed by atoms with Crippen molar-refractivity contribution in [2.75, 3.05) is 0 Å². The molecule has 0 amide bonds. The standard InChI is InChI=1S/C16H12BrN3/c17-14(10-13-6-2-1-3-7-13)11-19-20-12-18-15-8-4-5-9-16(15)20/h1-12H/b14-10-,19-11-. The van der Waals surface area contributed by atoms with Crippen LogP contribution in [0.2, 0.25) is 0 Å². The van der Waals surface area contributed by atoms with Gasteiger partial charge in [0.05, 0.1) is 17.2 Å². The highest BCUT2D eigenvalue weighted by atomic mass is 79.9. The molecule has 0 aliphatic heterocycles. The van der Waals surface area contributed by atoms with Crippen LogP contribution in [0.1, 0.15) is 5.56 Å². The molecule has 98 valence electrons. The molecule has 0 aliphatic carbocycles. The van der Waals surface area contributed by atoms with Crippen LogP contribution in [0.15, 0.2) is 70.5 Å². The minimum atomic E-state index is 0.904. The Balaban J connectivity index is 1.85. The highest BCUT2D eigenvalue weighted by molar-refractivity contribution is 9.12. The lowest BCUT2D eigenvalue weighted by atomic mass is 10.2. The SMILES string of the molecule is BrC(/C=N\n1cnc2ccccc21)=C\c1ccccc1. The van der Waals surface area contributed by atoms with Gasteiger partial charge in [-0.25, -0.2) is 9.66 Å². The molecule has 0 N–H and O–H groups in total. The van der Waals surface area contributed by atoms with Crippen molar-refractivity contribution in [3.05, 3.63) is 71.0 Å². The van der Waals surface area contributed by atoms with Gasteiger partial charge in [0.15, 0.2) is 0 Å². The number of fused-ring (bicyclic) bond motifs is 1. The van der Waals surface area contributed by atoms with Crippen molar-refractivity contribution >= 4 is 39.3 Å². The smallest absolute Gasteiger partial charge is 0.118 e. The number of rotatable bonds is 3. The fraction of sp³-hybridized carbons (Fsp3) is 0. The largest absolute Gasteiger partial charge is 0.235 e. The predicted molar refractivity (Wildman–Crippen MR) is 87.0 cm³/mol. The fourth-order valence-corrected chi connectivity index (χ4v) is 2.26. The van der Waals surface area contributed by atoms with E-state index in [9.17, 15) is 0 Å². The maximum Gasteiger partial charge on any atom is 0.118 e. The summed E-state index contributed by atoms with van der Waals surface area (Å²) in [7, 11) is 0. The molecule has 20 heavy (non-hydrogen) atoms. The van der Waals surface area contributed by atoms with Crippen molar-refractivity contribution in [1.29, 1.82) is 0 Å². The molecule has 0 saturated carbocycles. The molecule has 0 aliphatic rings. The number of halogens is 1. The Morgan fingerprint density at radius 2 is 1.80 bits per heavy atom. The maximum atomic E-state index is 4.40. The van der Waals surface area contributed by atoms with Crippen molar-refractivity contribution in [2.24, 2.45) is 5.10 Å². The average Bonchev–Trinajstić information content (AvgIpc) is 2.89. The van der Waals surface area contributed by atoms with E-state index in [1.54, 1.807) is 17.2 Å². The van der Waals surface area contributed by atoms with E-state index in [1.807, 2.05) is 60.7 Å². The first-order valence-corrected chi connectivity index (χ1v) is 7.01. The second kappa shape index (κ2) is 5.84. The summed E-state index contributed by atoms with van der Waals surface area (Å²) in [5.74, 6) is 0. The van der Waals surface area contributed by atoms with Crippen molar-refractivity contribution < 1.29 is 0 Å². The minimum absolute atomic E-state index is 0.904. The molecule has 0 spiro atoms. The molecule has 0 atom stereocenters. The van der Waals surface area contributed by atoms with Gasteiger partial charge in [0.2, 0.25) is 0 Å². The van der Waals surface area contributed by atoms with Gasteiger partial charge in [-0.2, -0.15) is 5.10 Å². The first-order chi connectivity index (χ1) is 9.83. The Morgan fingerprint density at radius 3 is 2.65 bits per heavy atom. The molecule has 0 radical (unpaired) electrons. The summed E-state index contributed by atoms with van der Waals surface area (Å²) in [6, 6.07) is 18.0. The van der Waals surface area contributed by atoms with E-state index in [0.29, 0.717) is 0 Å². The lowest BCUT2D eigenvalue weighted by molar-refractivity contribution is 0.915. The summed E-state index contributed by atoms with van der Waals surface area (Å²) >= 11 is 3.50. The monoisotopic (exact) mass is 325 g/mol. The number of hydrogen-bond donors (Lipinski definition) is 0. The summed E-state index contributed by atoms with van der Waals surface area (Å²) in [4.78, 5) is 4.30. The van der Waals surface area contributed by atoms with E-state index in [1.165, 1.54) is 0 Å². The van der Waals surface area contributed by atoms with Crippen LogP contribution >= 0.6 is 15.9 Å². The van der Waals surface area contributed by atoms with Crippen LogP contribution in [0.4, 0.5) is 0 Å². The molecule has 1 aromatic heterocycles. The van der Waals surface area contributed by atoms with E-state index < -0.39 is 0 Å². The second-order valence-corrected chi connectivity index (χ2v) is 5.18. The quantitative estimate of drug-likeness (QED) is 0.660. The molecule has 1 heterocycles. The number of aromatic nitrogens is 2. The van der Waals surface area contributed by atoms with Crippen LogP contribution in [-0.2, 0) is 0 Å². The minimum Gasteiger partial charge on any atom is -0.235 e. The molecule has 0 saturated heterocycles. The van der Waals surface area contributed by atoms with Gasteiger partial charge < -0.3 is 0 Å². The second-order valence-electron chi connectivity index (χ2n) is 4.26. The van der Waals surface area contributed by atoms with Gasteiger partial charge in [0.1, 0.15) is 6.33 Å². The number of allylic oxidation sites excluding steroid dienone is 1. The number of para-hydroxylation sites is 2. The van der Waals surface area contributed by atoms with Gasteiger partial charge in [-0.1, -0.05) is 42.5 Å². The predicted octanol–water partition coefficient (Wildman–Crippen LogP) is 4.31. The van der Waals surface area contributed by atoms with Gasteiger partial charge in [-0.05, 0) is 39.7 Å². The Hall–Kier alpha value is -2.20. The van der Waals surface area contributed by atoms with E-state index in [-0.39, 0.29) is 0 Å². The first-order valence-electron chi connectivity index (χ1n) is 6.21. The van der Waals surface area contributed by atoms with Crippen LogP contribution < -0.4 is 0 Å². The van der Waals surface area contributed by atoms with Crippen molar-refractivity contribution in [1.82, 2.24) is 9.66 Å². The molecule has 0 unspecified atom stereocenters. The molecule has 3 aromatic rings. The van der Waals surface area contributed by atoms with Crippen LogP contribution in [0, 0.1) is 0 Å². The molecular weight excluding hydrogens is 314 g/mol. The molecule has 0 bridgehead atoms. The molecule has 3 rings (SSSR count). The Morgan fingerprint density at radius 1 is 1.05 bits per heavy atom. The van der Waals surface area contributed by atoms with Crippen molar-refractivity contribution in [2.45, 2.75) is 0 Å². The number of hydrogen-bond acceptors (Lipinski definition) is 2. The zero-order chi connectivity index (χ0) is 13.8. The third-order valence-corrected chi connectivity index (χ3v) is 3.28. The Bertz CT molecular complexity index is 773. The van der Waals surface area contributed by atoms with Gasteiger partial charge >= 0.3 is 0 Å². The molecule has 2 aromatic carbocycles. The Kier molecular flexibility index (Phi) is 3.74. The van der Waals surface area contributed by atoms with Crippen molar-refractivity contribution in [3.8, 4) is 0 Å². The van der Waals surface area contributed by atoms with Crippen molar-refractivity contribution in [3.63, 3.8) is 0 Å². The van der Waals surface area contributed by atoms with Gasteiger partial charge in [0.25, 0.3) is 0 Å². The van der Waals surface area contributed by atoms with Gasteiger partial charge in [0, 0.05) is 4.48 Å². The lowest BCUT2D eigenvalue weighted by Crippen LogP contribution is -1.87. The normalized spacial score (nSPS) is 12.3. The highest BCUT2D eigenvalue weighted by Gasteiger charge is 1.98. The first kappa shape index (κ1) is 12.8. The fourth-order valence-electron chi connectivity index (χ4n) is 1.90. The topological polar surface area (TPSA) is 30.2 Å². The van der Waals surface area contributed by atoms with E-state index >= 15 is 0 Å². The zero-order valence-electron chi connectivity index (χ0n) is 10.6. The van der Waals surface area contributed by atoms with Crippen LogP contribution in [0.3, 0.4) is 0 Å². The van der Waals surface area contributed by atoms with E-state index in [0.717, 1.165) is 21.1 Å². The average molecular weight is 326 g/mol. The lowest BCUT2D eigenvalue weighted by Gasteiger charge is -1.96. The highest BCUT2D eigenvalue weighted by Crippen LogP contribution is 2.13. The molecule has 3 nitrogen and oxygen atoms in total. The summed E-state index contributed by atoms with van der Waals surface area (Å²) in [5, 5.41) is 4.40. The van der Waals surface area contributed by atoms with Crippen LogP contribution in [0.5, 0.6) is 0 Å². The van der Waals surface area contributed by atoms with E-state index in [4.69, 9.17) is 0 Å². The van der Waals surface area contributed by atoms with Crippen LogP contribution in [0.25, 0.3) is 17.1 Å². The molecule has 4 heteroatoms. The number of nitrogens with zero attached hydrogens (tertiary/aromatic N) is 3. The summed E-state index contributed by atoms with van der Waals surface area (Å²) in [6.45, 7) is 0. The van der Waals surface area contributed by atoms with Crippen LogP contribution in [-0.4, -0.2) is 15.9 Å². The van der Waals surface area contributed by atoms with Gasteiger partial charge in [-0.15, -0.1) is 0 Å². The maximum absolute atomic E-state index is 4.40. The number of benzene rings is 2. The molecule has 0 fully saturated rings. The number of imidazole rings is 1. The summed E-state index contributed by atoms with van der Waals surface area (Å²) in [6.07, 6.45) is 5.49. The zero-order valence-corrected chi connectivity index (χ0v) is 12.2. The third kappa shape index (κ3) is 2.86. The summed E-state index contributed by atoms with van der Waals surface area (Å²) < 4.78 is 2.66. The Labute approximate surface area is 125 Å². The van der Waals surface area contributed by atoms with E-state index in [2.05, 4.69) is 26.0 Å². The summed E-state index contributed by atoms with van der Waals surface area (Å²) in [5.41, 5.74) is 3.05. The third-order valence-electron chi connectivity index (χ3n) is 2.84. The van der Waals surface area contributed by atoms with Gasteiger partial charge in [-0.3, -0.25) is 0 Å². The molecular formula is C16H12BrN3.